The molecular weight excluding hydrogens is 179 g/mol. The van der Waals surface area contributed by atoms with Gasteiger partial charge < -0.3 is 16.4 Å². The Morgan fingerprint density at radius 2 is 0.800 bits per heavy atom. The maximum absolute atomic E-state index is 0. The van der Waals surface area contributed by atoms with Crippen molar-refractivity contribution in [1.82, 2.24) is 0 Å². The Morgan fingerprint density at radius 3 is 0.800 bits per heavy atom. The summed E-state index contributed by atoms with van der Waals surface area (Å²) in [5, 5.41) is 0. The van der Waals surface area contributed by atoms with E-state index in [4.69, 9.17) is 0 Å². The molecule has 4 N–H and O–H groups in total. The van der Waals surface area contributed by atoms with Crippen LogP contribution in [0.25, 0.3) is 0 Å². The first-order valence-electron chi connectivity index (χ1n) is 0. The van der Waals surface area contributed by atoms with Gasteiger partial charge in [0, 0.05) is 26.2 Å². The SMILES string of the molecule is O.[Ca+2].[OH-].[OH-].[Zr]. The monoisotopic (exact) mass is 182 g/mol. The Hall–Kier alpha value is 2.02. The zero-order chi connectivity index (χ0) is 0. The normalized spacial score (nSPS) is 0. The van der Waals surface area contributed by atoms with Gasteiger partial charge in [0.25, 0.3) is 0 Å². The van der Waals surface area contributed by atoms with Crippen molar-refractivity contribution in [3.05, 3.63) is 0 Å². The molecule has 0 aliphatic carbocycles. The van der Waals surface area contributed by atoms with Gasteiger partial charge in [-0.05, 0) is 0 Å². The topological polar surface area (TPSA) is 91.5 Å². The van der Waals surface area contributed by atoms with E-state index < -0.39 is 0 Å². The van der Waals surface area contributed by atoms with Crippen LogP contribution in [0.5, 0.6) is 0 Å². The Kier molecular flexibility index (Phi) is 462. The van der Waals surface area contributed by atoms with Crippen molar-refractivity contribution in [2.24, 2.45) is 0 Å². The van der Waals surface area contributed by atoms with E-state index in [0.29, 0.717) is 0 Å². The largest absolute Gasteiger partial charge is 2.00 e. The minimum atomic E-state index is 0. The van der Waals surface area contributed by atoms with Crippen molar-refractivity contribution in [3.63, 3.8) is 0 Å². The molecule has 0 rings (SSSR count). The van der Waals surface area contributed by atoms with Gasteiger partial charge >= 0.3 is 37.7 Å². The molecule has 0 aliphatic rings. The third-order valence-corrected chi connectivity index (χ3v) is 0. The molecule has 5 heavy (non-hydrogen) atoms. The van der Waals surface area contributed by atoms with E-state index in [1.165, 1.54) is 0 Å². The van der Waals surface area contributed by atoms with Crippen LogP contribution >= 0.6 is 0 Å². The van der Waals surface area contributed by atoms with Crippen molar-refractivity contribution in [2.75, 3.05) is 0 Å². The first-order valence-corrected chi connectivity index (χ1v) is 0. The molecule has 0 aliphatic heterocycles. The Morgan fingerprint density at radius 1 is 0.800 bits per heavy atom. The second kappa shape index (κ2) is 37.1. The molecular formula is H4CaO3Zr. The third kappa shape index (κ3) is 23.8. The zero-order valence-electron chi connectivity index (χ0n) is 2.60. The van der Waals surface area contributed by atoms with Crippen LogP contribution in [0.15, 0.2) is 0 Å². The molecule has 0 atom stereocenters. The van der Waals surface area contributed by atoms with E-state index >= 15 is 0 Å². The van der Waals surface area contributed by atoms with Crippen LogP contribution in [-0.2, 0) is 26.2 Å². The zero-order valence-corrected chi connectivity index (χ0v) is 7.27. The number of hydrogen-bond donors (Lipinski definition) is 0. The fourth-order valence-corrected chi connectivity index (χ4v) is 0. The van der Waals surface area contributed by atoms with Gasteiger partial charge in [-0.25, -0.2) is 0 Å². The third-order valence-electron chi connectivity index (χ3n) is 0. The van der Waals surface area contributed by atoms with Gasteiger partial charge in [0.1, 0.15) is 0 Å². The van der Waals surface area contributed by atoms with Crippen LogP contribution in [0, 0.1) is 0 Å². The molecule has 28 valence electrons. The summed E-state index contributed by atoms with van der Waals surface area (Å²) in [5.41, 5.74) is 0. The van der Waals surface area contributed by atoms with Gasteiger partial charge in [-0.15, -0.1) is 0 Å². The van der Waals surface area contributed by atoms with E-state index in [1.807, 2.05) is 0 Å². The molecule has 0 heterocycles. The van der Waals surface area contributed by atoms with Crippen molar-refractivity contribution in [3.8, 4) is 0 Å². The van der Waals surface area contributed by atoms with Crippen LogP contribution in [0.4, 0.5) is 0 Å². The fraction of sp³-hybridized carbons (Fsp3) is 0. The summed E-state index contributed by atoms with van der Waals surface area (Å²) in [6.45, 7) is 0. The Balaban J connectivity index is 0. The average Bonchev–Trinajstić information content (AvgIpc) is 0. The Bertz CT molecular complexity index is 6.85. The molecule has 0 aromatic rings. The van der Waals surface area contributed by atoms with Gasteiger partial charge in [-0.2, -0.15) is 0 Å². The maximum atomic E-state index is 0. The minimum absolute atomic E-state index is 0. The molecule has 0 unspecified atom stereocenters. The van der Waals surface area contributed by atoms with Gasteiger partial charge in [-0.3, -0.25) is 0 Å². The van der Waals surface area contributed by atoms with Crippen LogP contribution in [-0.4, -0.2) is 54.2 Å². The quantitative estimate of drug-likeness (QED) is 0.425. The molecule has 0 fully saturated rings. The summed E-state index contributed by atoms with van der Waals surface area (Å²) in [7, 11) is 0. The average molecular weight is 183 g/mol. The van der Waals surface area contributed by atoms with Crippen LogP contribution in [0.3, 0.4) is 0 Å². The summed E-state index contributed by atoms with van der Waals surface area (Å²) >= 11 is 0. The molecule has 0 spiro atoms. The second-order valence-electron chi connectivity index (χ2n) is 0. The van der Waals surface area contributed by atoms with E-state index in [0.717, 1.165) is 0 Å². The van der Waals surface area contributed by atoms with Crippen molar-refractivity contribution in [2.45, 2.75) is 0 Å². The van der Waals surface area contributed by atoms with Gasteiger partial charge in [-0.1, -0.05) is 0 Å². The first kappa shape index (κ1) is 62.3. The van der Waals surface area contributed by atoms with Gasteiger partial charge in [0.15, 0.2) is 0 Å². The first-order chi connectivity index (χ1) is 0. The molecule has 0 aromatic carbocycles. The fourth-order valence-electron chi connectivity index (χ4n) is 0. The second-order valence-corrected chi connectivity index (χ2v) is 0. The van der Waals surface area contributed by atoms with E-state index in [2.05, 4.69) is 0 Å². The number of hydrogen-bond acceptors (Lipinski definition) is 2. The molecule has 0 radical (unpaired) electrons. The van der Waals surface area contributed by atoms with E-state index in [1.54, 1.807) is 0 Å². The van der Waals surface area contributed by atoms with Crippen molar-refractivity contribution in [1.29, 1.82) is 0 Å². The van der Waals surface area contributed by atoms with Crippen molar-refractivity contribution >= 4 is 37.7 Å². The van der Waals surface area contributed by atoms with Gasteiger partial charge in [0.2, 0.25) is 0 Å². The number of rotatable bonds is 0. The molecule has 3 nitrogen and oxygen atoms in total. The summed E-state index contributed by atoms with van der Waals surface area (Å²) in [6.07, 6.45) is 0. The standard InChI is InChI=1S/Ca.3H2O.Zr/h;3*1H2;/q+2;;;;/p-2. The summed E-state index contributed by atoms with van der Waals surface area (Å²) in [6, 6.07) is 0. The minimum Gasteiger partial charge on any atom is -0.870 e. The smallest absolute Gasteiger partial charge is 0.870 e. The summed E-state index contributed by atoms with van der Waals surface area (Å²) < 4.78 is 0. The Labute approximate surface area is 79.2 Å². The molecule has 0 saturated heterocycles. The molecule has 0 saturated carbocycles. The van der Waals surface area contributed by atoms with E-state index in [9.17, 15) is 0 Å². The molecule has 0 aromatic heterocycles. The molecule has 0 bridgehead atoms. The predicted octanol–water partition coefficient (Wildman–Crippen LogP) is -1.56. The van der Waals surface area contributed by atoms with Crippen molar-refractivity contribution < 1.29 is 42.6 Å². The van der Waals surface area contributed by atoms with E-state index in [-0.39, 0.29) is 80.4 Å². The summed E-state index contributed by atoms with van der Waals surface area (Å²) in [5.74, 6) is 0. The predicted molar refractivity (Wildman–Crippen MR) is 13.2 cm³/mol. The van der Waals surface area contributed by atoms with Crippen LogP contribution in [0.1, 0.15) is 0 Å². The summed E-state index contributed by atoms with van der Waals surface area (Å²) in [4.78, 5) is 0. The van der Waals surface area contributed by atoms with Gasteiger partial charge in [0.05, 0.1) is 0 Å². The molecule has 5 heteroatoms. The van der Waals surface area contributed by atoms with Crippen LogP contribution < -0.4 is 0 Å². The van der Waals surface area contributed by atoms with Crippen LogP contribution in [0.2, 0.25) is 0 Å². The molecule has 0 amide bonds. The maximum Gasteiger partial charge on any atom is 2.00 e.